The second kappa shape index (κ2) is 9.43. The molecule has 160 valence electrons. The first kappa shape index (κ1) is 22.0. The minimum absolute atomic E-state index is 0.0888. The van der Waals surface area contributed by atoms with Crippen LogP contribution in [0.25, 0.3) is 0 Å². The largest absolute Gasteiger partial charge is 0.454 e. The molecule has 0 atom stereocenters. The molecular formula is C23H27NO5S. The van der Waals surface area contributed by atoms with Gasteiger partial charge in [0.25, 0.3) is 0 Å². The van der Waals surface area contributed by atoms with Crippen LogP contribution in [0.5, 0.6) is 0 Å². The Kier molecular flexibility index (Phi) is 6.92. The van der Waals surface area contributed by atoms with Crippen molar-refractivity contribution >= 4 is 27.5 Å². The molecule has 6 nitrogen and oxygen atoms in total. The van der Waals surface area contributed by atoms with E-state index in [0.29, 0.717) is 11.5 Å². The standard InChI is InChI=1S/C23H27NO5S/c1-24(30(2,27)28)21-11-7-6-10-20(21)23(26)29-16-22(25)19-14-12-18(13-15-19)17-8-4-3-5-9-17/h6-7,10-15,17H,3-5,8-9,16H2,1-2H3. The van der Waals surface area contributed by atoms with Gasteiger partial charge < -0.3 is 4.74 Å². The molecule has 0 amide bonds. The Morgan fingerprint density at radius 2 is 1.63 bits per heavy atom. The van der Waals surface area contributed by atoms with Gasteiger partial charge in [-0.2, -0.15) is 0 Å². The van der Waals surface area contributed by atoms with Crippen molar-refractivity contribution in [3.05, 3.63) is 65.2 Å². The van der Waals surface area contributed by atoms with Crippen molar-refractivity contribution in [2.45, 2.75) is 38.0 Å². The van der Waals surface area contributed by atoms with Crippen molar-refractivity contribution in [1.29, 1.82) is 0 Å². The number of sulfonamides is 1. The highest BCUT2D eigenvalue weighted by molar-refractivity contribution is 7.92. The molecular weight excluding hydrogens is 402 g/mol. The van der Waals surface area contributed by atoms with E-state index in [1.807, 2.05) is 12.1 Å². The van der Waals surface area contributed by atoms with Crippen LogP contribution in [0.3, 0.4) is 0 Å². The Bertz CT molecular complexity index is 1010. The van der Waals surface area contributed by atoms with E-state index >= 15 is 0 Å². The number of esters is 1. The number of carbonyl (C=O) groups excluding carboxylic acids is 2. The molecule has 30 heavy (non-hydrogen) atoms. The van der Waals surface area contributed by atoms with Crippen molar-refractivity contribution in [2.24, 2.45) is 0 Å². The highest BCUT2D eigenvalue weighted by Gasteiger charge is 2.21. The quantitative estimate of drug-likeness (QED) is 0.487. The topological polar surface area (TPSA) is 80.8 Å². The summed E-state index contributed by atoms with van der Waals surface area (Å²) in [5, 5.41) is 0. The summed E-state index contributed by atoms with van der Waals surface area (Å²) in [6.07, 6.45) is 7.21. The molecule has 0 heterocycles. The molecule has 2 aromatic rings. The van der Waals surface area contributed by atoms with Crippen LogP contribution >= 0.6 is 0 Å². The maximum Gasteiger partial charge on any atom is 0.340 e. The molecule has 0 unspecified atom stereocenters. The van der Waals surface area contributed by atoms with E-state index in [9.17, 15) is 18.0 Å². The van der Waals surface area contributed by atoms with Gasteiger partial charge in [0.2, 0.25) is 10.0 Å². The van der Waals surface area contributed by atoms with E-state index in [2.05, 4.69) is 0 Å². The molecule has 0 radical (unpaired) electrons. The molecule has 0 bridgehead atoms. The molecule has 1 aliphatic carbocycles. The van der Waals surface area contributed by atoms with Gasteiger partial charge in [-0.15, -0.1) is 0 Å². The second-order valence-electron chi connectivity index (χ2n) is 7.70. The number of Topliss-reactive ketones (excluding diaryl/α,β-unsaturated/α-hetero) is 1. The third-order valence-electron chi connectivity index (χ3n) is 5.60. The molecule has 0 N–H and O–H groups in total. The summed E-state index contributed by atoms with van der Waals surface area (Å²) in [6, 6.07) is 13.8. The van der Waals surface area contributed by atoms with E-state index in [1.54, 1.807) is 24.3 Å². The first-order chi connectivity index (χ1) is 14.3. The lowest BCUT2D eigenvalue weighted by Crippen LogP contribution is -2.27. The van der Waals surface area contributed by atoms with Crippen LogP contribution in [-0.4, -0.2) is 40.1 Å². The lowest BCUT2D eigenvalue weighted by molar-refractivity contribution is 0.0475. The first-order valence-corrected chi connectivity index (χ1v) is 12.0. The molecule has 2 aromatic carbocycles. The minimum atomic E-state index is -3.54. The fourth-order valence-corrected chi connectivity index (χ4v) is 4.29. The summed E-state index contributed by atoms with van der Waals surface area (Å²) in [6.45, 7) is -0.404. The molecule has 0 spiro atoms. The summed E-state index contributed by atoms with van der Waals surface area (Å²) in [4.78, 5) is 25.0. The summed E-state index contributed by atoms with van der Waals surface area (Å²) in [5.74, 6) is -0.482. The van der Waals surface area contributed by atoms with Gasteiger partial charge in [-0.3, -0.25) is 9.10 Å². The van der Waals surface area contributed by atoms with Gasteiger partial charge in [0.15, 0.2) is 12.4 Å². The van der Waals surface area contributed by atoms with E-state index in [4.69, 9.17) is 4.74 Å². The van der Waals surface area contributed by atoms with Gasteiger partial charge >= 0.3 is 5.97 Å². The predicted octanol–water partition coefficient (Wildman–Crippen LogP) is 4.17. The number of rotatable bonds is 7. The zero-order chi connectivity index (χ0) is 21.7. The number of ether oxygens (including phenoxy) is 1. The Balaban J connectivity index is 1.64. The van der Waals surface area contributed by atoms with Gasteiger partial charge in [-0.1, -0.05) is 55.7 Å². The van der Waals surface area contributed by atoms with Crippen molar-refractivity contribution in [3.8, 4) is 0 Å². The van der Waals surface area contributed by atoms with Gasteiger partial charge in [0, 0.05) is 12.6 Å². The van der Waals surface area contributed by atoms with E-state index < -0.39 is 22.6 Å². The molecule has 0 aliphatic heterocycles. The number of carbonyl (C=O) groups is 2. The Hall–Kier alpha value is -2.67. The van der Waals surface area contributed by atoms with Crippen LogP contribution < -0.4 is 4.31 Å². The van der Waals surface area contributed by atoms with E-state index in [1.165, 1.54) is 56.8 Å². The van der Waals surface area contributed by atoms with Crippen LogP contribution in [0, 0.1) is 0 Å². The van der Waals surface area contributed by atoms with Crippen LogP contribution in [0.4, 0.5) is 5.69 Å². The maximum absolute atomic E-state index is 12.5. The zero-order valence-electron chi connectivity index (χ0n) is 17.3. The number of nitrogens with zero attached hydrogens (tertiary/aromatic N) is 1. The van der Waals surface area contributed by atoms with Crippen LogP contribution in [-0.2, 0) is 14.8 Å². The third-order valence-corrected chi connectivity index (χ3v) is 6.80. The van der Waals surface area contributed by atoms with Gasteiger partial charge in [0.05, 0.1) is 17.5 Å². The molecule has 1 saturated carbocycles. The number of para-hydroxylation sites is 1. The normalized spacial score (nSPS) is 14.9. The summed E-state index contributed by atoms with van der Waals surface area (Å²) in [7, 11) is -2.18. The summed E-state index contributed by atoms with van der Waals surface area (Å²) in [5.41, 5.74) is 2.03. The Labute approximate surface area is 177 Å². The first-order valence-electron chi connectivity index (χ1n) is 10.1. The number of anilines is 1. The Morgan fingerprint density at radius 3 is 2.27 bits per heavy atom. The molecule has 3 rings (SSSR count). The van der Waals surface area contributed by atoms with E-state index in [-0.39, 0.29) is 17.0 Å². The highest BCUT2D eigenvalue weighted by atomic mass is 32.2. The average Bonchev–Trinajstić information content (AvgIpc) is 2.76. The smallest absolute Gasteiger partial charge is 0.340 e. The molecule has 1 fully saturated rings. The third kappa shape index (κ3) is 5.27. The lowest BCUT2D eigenvalue weighted by Gasteiger charge is -2.22. The van der Waals surface area contributed by atoms with Gasteiger partial charge in [-0.05, 0) is 36.5 Å². The minimum Gasteiger partial charge on any atom is -0.454 e. The van der Waals surface area contributed by atoms with Crippen molar-refractivity contribution in [2.75, 3.05) is 24.2 Å². The summed E-state index contributed by atoms with van der Waals surface area (Å²) >= 11 is 0. The Morgan fingerprint density at radius 1 is 1.00 bits per heavy atom. The van der Waals surface area contributed by atoms with Crippen molar-refractivity contribution < 1.29 is 22.7 Å². The fourth-order valence-electron chi connectivity index (χ4n) is 3.77. The van der Waals surface area contributed by atoms with Crippen molar-refractivity contribution in [3.63, 3.8) is 0 Å². The molecule has 1 aliphatic rings. The van der Waals surface area contributed by atoms with E-state index in [0.717, 1.165) is 10.6 Å². The van der Waals surface area contributed by atoms with Crippen molar-refractivity contribution in [1.82, 2.24) is 0 Å². The fraction of sp³-hybridized carbons (Fsp3) is 0.391. The zero-order valence-corrected chi connectivity index (χ0v) is 18.2. The van der Waals surface area contributed by atoms with Gasteiger partial charge in [-0.25, -0.2) is 13.2 Å². The monoisotopic (exact) mass is 429 g/mol. The lowest BCUT2D eigenvalue weighted by atomic mass is 9.84. The molecule has 0 saturated heterocycles. The van der Waals surface area contributed by atoms with Crippen LogP contribution in [0.1, 0.15) is 64.3 Å². The SMILES string of the molecule is CN(c1ccccc1C(=O)OCC(=O)c1ccc(C2CCCCC2)cc1)S(C)(=O)=O. The second-order valence-corrected chi connectivity index (χ2v) is 9.72. The van der Waals surface area contributed by atoms with Gasteiger partial charge in [0.1, 0.15) is 0 Å². The number of ketones is 1. The number of hydrogen-bond acceptors (Lipinski definition) is 5. The highest BCUT2D eigenvalue weighted by Crippen LogP contribution is 2.32. The molecule has 7 heteroatoms. The molecule has 0 aromatic heterocycles. The average molecular weight is 430 g/mol. The number of hydrogen-bond donors (Lipinski definition) is 0. The maximum atomic E-state index is 12.5. The van der Waals surface area contributed by atoms with Crippen LogP contribution in [0.15, 0.2) is 48.5 Å². The number of benzene rings is 2. The summed E-state index contributed by atoms with van der Waals surface area (Å²) < 4.78 is 29.8. The predicted molar refractivity (Wildman–Crippen MR) is 117 cm³/mol. The van der Waals surface area contributed by atoms with Crippen LogP contribution in [0.2, 0.25) is 0 Å².